The highest BCUT2D eigenvalue weighted by molar-refractivity contribution is 5.85. The van der Waals surface area contributed by atoms with Gasteiger partial charge in [-0.25, -0.2) is 0 Å². The second-order valence-electron chi connectivity index (χ2n) is 6.97. The SMILES string of the molecule is CC1CN(CCCCNC(=O)CCC2CCNC2)CC(C)O1.Cl.Cl. The van der Waals surface area contributed by atoms with E-state index in [4.69, 9.17) is 4.74 Å². The first-order valence-electron chi connectivity index (χ1n) is 8.98. The molecule has 7 heteroatoms. The van der Waals surface area contributed by atoms with E-state index in [1.165, 1.54) is 6.42 Å². The third kappa shape index (κ3) is 9.42. The molecule has 24 heavy (non-hydrogen) atoms. The Hall–Kier alpha value is -0.0700. The van der Waals surface area contributed by atoms with Crippen molar-refractivity contribution in [2.75, 3.05) is 39.3 Å². The predicted octanol–water partition coefficient (Wildman–Crippen LogP) is 2.23. The fraction of sp³-hybridized carbons (Fsp3) is 0.941. The number of amides is 1. The average Bonchev–Trinajstić information content (AvgIpc) is 2.97. The highest BCUT2D eigenvalue weighted by Gasteiger charge is 2.21. The van der Waals surface area contributed by atoms with Crippen molar-refractivity contribution in [3.05, 3.63) is 0 Å². The largest absolute Gasteiger partial charge is 0.373 e. The van der Waals surface area contributed by atoms with E-state index in [1.807, 2.05) is 0 Å². The van der Waals surface area contributed by atoms with Gasteiger partial charge in [0.2, 0.25) is 5.91 Å². The number of halogens is 2. The molecule has 2 heterocycles. The number of nitrogens with zero attached hydrogens (tertiary/aromatic N) is 1. The number of unbranched alkanes of at least 4 members (excludes halogenated alkanes) is 1. The van der Waals surface area contributed by atoms with Gasteiger partial charge in [-0.1, -0.05) is 0 Å². The summed E-state index contributed by atoms with van der Waals surface area (Å²) in [4.78, 5) is 14.3. The molecule has 2 rings (SSSR count). The maximum atomic E-state index is 11.8. The van der Waals surface area contributed by atoms with Crippen LogP contribution in [0.2, 0.25) is 0 Å². The van der Waals surface area contributed by atoms with E-state index in [1.54, 1.807) is 0 Å². The van der Waals surface area contributed by atoms with E-state index < -0.39 is 0 Å². The average molecular weight is 384 g/mol. The molecule has 144 valence electrons. The first kappa shape index (κ1) is 23.9. The van der Waals surface area contributed by atoms with Crippen LogP contribution in [0.15, 0.2) is 0 Å². The maximum Gasteiger partial charge on any atom is 0.220 e. The van der Waals surface area contributed by atoms with E-state index in [-0.39, 0.29) is 30.7 Å². The van der Waals surface area contributed by atoms with Gasteiger partial charge in [0.15, 0.2) is 0 Å². The molecule has 0 bridgehead atoms. The molecule has 2 saturated heterocycles. The van der Waals surface area contributed by atoms with Crippen LogP contribution in [0.25, 0.3) is 0 Å². The summed E-state index contributed by atoms with van der Waals surface area (Å²) in [5.41, 5.74) is 0. The number of rotatable bonds is 8. The lowest BCUT2D eigenvalue weighted by Gasteiger charge is -2.35. The van der Waals surface area contributed by atoms with Crippen LogP contribution in [0.5, 0.6) is 0 Å². The summed E-state index contributed by atoms with van der Waals surface area (Å²) in [5, 5.41) is 6.41. The fourth-order valence-electron chi connectivity index (χ4n) is 3.54. The lowest BCUT2D eigenvalue weighted by Crippen LogP contribution is -2.45. The number of hydrogen-bond donors (Lipinski definition) is 2. The van der Waals surface area contributed by atoms with Crippen molar-refractivity contribution in [2.24, 2.45) is 5.92 Å². The summed E-state index contributed by atoms with van der Waals surface area (Å²) in [6.45, 7) is 10.5. The summed E-state index contributed by atoms with van der Waals surface area (Å²) in [6.07, 6.45) is 5.84. The van der Waals surface area contributed by atoms with Crippen LogP contribution in [-0.4, -0.2) is 62.3 Å². The van der Waals surface area contributed by atoms with E-state index >= 15 is 0 Å². The molecular weight excluding hydrogens is 349 g/mol. The van der Waals surface area contributed by atoms with E-state index in [2.05, 4.69) is 29.4 Å². The molecule has 0 saturated carbocycles. The van der Waals surface area contributed by atoms with Crippen LogP contribution in [0.1, 0.15) is 46.0 Å². The Kier molecular flexibility index (Phi) is 13.1. The van der Waals surface area contributed by atoms with Gasteiger partial charge in [-0.3, -0.25) is 9.69 Å². The third-order valence-electron chi connectivity index (χ3n) is 4.66. The second-order valence-corrected chi connectivity index (χ2v) is 6.97. The van der Waals surface area contributed by atoms with Gasteiger partial charge in [0.25, 0.3) is 0 Å². The van der Waals surface area contributed by atoms with Crippen molar-refractivity contribution in [3.63, 3.8) is 0 Å². The van der Waals surface area contributed by atoms with Gasteiger partial charge in [-0.15, -0.1) is 24.8 Å². The Labute approximate surface area is 159 Å². The standard InChI is InChI=1S/C17H33N3O2.2ClH/c1-14-12-20(13-15(2)22-14)10-4-3-8-19-17(21)6-5-16-7-9-18-11-16;;/h14-16,18H,3-13H2,1-2H3,(H,19,21);2*1H. The van der Waals surface area contributed by atoms with Gasteiger partial charge in [0.1, 0.15) is 0 Å². The Morgan fingerprint density at radius 2 is 1.92 bits per heavy atom. The molecule has 0 aromatic rings. The molecule has 2 fully saturated rings. The molecule has 0 aromatic heterocycles. The van der Waals surface area contributed by atoms with Crippen LogP contribution in [-0.2, 0) is 9.53 Å². The summed E-state index contributed by atoms with van der Waals surface area (Å²) in [7, 11) is 0. The van der Waals surface area contributed by atoms with Crippen molar-refractivity contribution in [1.29, 1.82) is 0 Å². The second kappa shape index (κ2) is 13.2. The molecule has 0 spiro atoms. The molecule has 2 N–H and O–H groups in total. The van der Waals surface area contributed by atoms with E-state index in [9.17, 15) is 4.79 Å². The van der Waals surface area contributed by atoms with Crippen LogP contribution >= 0.6 is 24.8 Å². The van der Waals surface area contributed by atoms with Crippen LogP contribution in [0.4, 0.5) is 0 Å². The number of carbonyl (C=O) groups excluding carboxylic acids is 1. The van der Waals surface area contributed by atoms with Crippen LogP contribution in [0.3, 0.4) is 0 Å². The molecular formula is C17H35Cl2N3O2. The highest BCUT2D eigenvalue weighted by atomic mass is 35.5. The molecule has 3 unspecified atom stereocenters. The van der Waals surface area contributed by atoms with Crippen molar-refractivity contribution in [1.82, 2.24) is 15.5 Å². The Morgan fingerprint density at radius 1 is 1.21 bits per heavy atom. The van der Waals surface area contributed by atoms with Gasteiger partial charge < -0.3 is 15.4 Å². The quantitative estimate of drug-likeness (QED) is 0.631. The zero-order valence-electron chi connectivity index (χ0n) is 15.1. The number of morpholine rings is 1. The molecule has 1 amide bonds. The van der Waals surface area contributed by atoms with E-state index in [0.717, 1.165) is 58.5 Å². The first-order valence-corrected chi connectivity index (χ1v) is 8.98. The number of nitrogens with one attached hydrogen (secondary N) is 2. The molecule has 2 aliphatic rings. The summed E-state index contributed by atoms with van der Waals surface area (Å²) >= 11 is 0. The minimum atomic E-state index is 0. The third-order valence-corrected chi connectivity index (χ3v) is 4.66. The topological polar surface area (TPSA) is 53.6 Å². The fourth-order valence-corrected chi connectivity index (χ4v) is 3.54. The lowest BCUT2D eigenvalue weighted by molar-refractivity contribution is -0.121. The van der Waals surface area contributed by atoms with Crippen molar-refractivity contribution in [2.45, 2.75) is 58.2 Å². The van der Waals surface area contributed by atoms with Crippen LogP contribution < -0.4 is 10.6 Å². The minimum absolute atomic E-state index is 0. The normalized spacial score (nSPS) is 27.2. The Balaban J connectivity index is 0.00000264. The summed E-state index contributed by atoms with van der Waals surface area (Å²) in [5.74, 6) is 0.927. The number of carbonyl (C=O) groups is 1. The molecule has 0 aliphatic carbocycles. The maximum absolute atomic E-state index is 11.8. The lowest BCUT2D eigenvalue weighted by atomic mass is 10.0. The van der Waals surface area contributed by atoms with Gasteiger partial charge in [0, 0.05) is 26.1 Å². The number of hydrogen-bond acceptors (Lipinski definition) is 4. The zero-order valence-corrected chi connectivity index (χ0v) is 16.7. The molecule has 3 atom stereocenters. The molecule has 2 aliphatic heterocycles. The monoisotopic (exact) mass is 383 g/mol. The minimum Gasteiger partial charge on any atom is -0.373 e. The highest BCUT2D eigenvalue weighted by Crippen LogP contribution is 2.14. The number of ether oxygens (including phenoxy) is 1. The van der Waals surface area contributed by atoms with Crippen molar-refractivity contribution < 1.29 is 9.53 Å². The van der Waals surface area contributed by atoms with Gasteiger partial charge in [0.05, 0.1) is 12.2 Å². The molecule has 0 radical (unpaired) electrons. The van der Waals surface area contributed by atoms with Crippen molar-refractivity contribution in [3.8, 4) is 0 Å². The van der Waals surface area contributed by atoms with Crippen molar-refractivity contribution >= 4 is 30.7 Å². The Bertz CT molecular complexity index is 332. The predicted molar refractivity (Wildman–Crippen MR) is 103 cm³/mol. The summed E-state index contributed by atoms with van der Waals surface area (Å²) < 4.78 is 5.74. The van der Waals surface area contributed by atoms with E-state index in [0.29, 0.717) is 24.5 Å². The van der Waals surface area contributed by atoms with Gasteiger partial charge in [-0.05, 0) is 65.1 Å². The van der Waals surface area contributed by atoms with Gasteiger partial charge in [-0.2, -0.15) is 0 Å². The Morgan fingerprint density at radius 3 is 2.54 bits per heavy atom. The zero-order chi connectivity index (χ0) is 15.8. The smallest absolute Gasteiger partial charge is 0.220 e. The van der Waals surface area contributed by atoms with Crippen LogP contribution in [0, 0.1) is 5.92 Å². The molecule has 5 nitrogen and oxygen atoms in total. The molecule has 0 aromatic carbocycles. The summed E-state index contributed by atoms with van der Waals surface area (Å²) in [6, 6.07) is 0. The van der Waals surface area contributed by atoms with Gasteiger partial charge >= 0.3 is 0 Å². The first-order chi connectivity index (χ1) is 10.6.